The summed E-state index contributed by atoms with van der Waals surface area (Å²) in [5.41, 5.74) is 1.60. The summed E-state index contributed by atoms with van der Waals surface area (Å²) in [6, 6.07) is 31.1. The average molecular weight is 635 g/mol. The van der Waals surface area contributed by atoms with Gasteiger partial charge in [0.25, 0.3) is 0 Å². The van der Waals surface area contributed by atoms with Crippen molar-refractivity contribution in [3.8, 4) is 5.75 Å². The van der Waals surface area contributed by atoms with E-state index in [4.69, 9.17) is 16.3 Å². The second-order valence-electron chi connectivity index (χ2n) is 10.3. The molecular weight excluding hydrogens is 598 g/mol. The third-order valence-corrected chi connectivity index (χ3v) is 8.11. The number of alkyl halides is 3. The normalized spacial score (nSPS) is 11.9. The summed E-state index contributed by atoms with van der Waals surface area (Å²) in [5, 5.41) is 18.8. The van der Waals surface area contributed by atoms with Crippen molar-refractivity contribution in [1.29, 1.82) is 0 Å². The minimum atomic E-state index is -4.56. The Morgan fingerprint density at radius 3 is 1.95 bits per heavy atom. The molecule has 0 bridgehead atoms. The van der Waals surface area contributed by atoms with Crippen LogP contribution < -0.4 is 4.74 Å². The minimum Gasteiger partial charge on any atom is -0.494 e. The summed E-state index contributed by atoms with van der Waals surface area (Å²) in [4.78, 5) is 2.15. The molecule has 0 aliphatic rings. The summed E-state index contributed by atoms with van der Waals surface area (Å²) >= 11 is 6.38. The molecule has 0 aliphatic carbocycles. The molecule has 9 heteroatoms. The second kappa shape index (κ2) is 15.6. The van der Waals surface area contributed by atoms with Crippen LogP contribution in [0.3, 0.4) is 0 Å². The van der Waals surface area contributed by atoms with Crippen LogP contribution >= 0.6 is 24.0 Å². The van der Waals surface area contributed by atoms with Crippen LogP contribution in [0.25, 0.3) is 0 Å². The summed E-state index contributed by atoms with van der Waals surface area (Å²) < 4.78 is 47.2. The third-order valence-electron chi connectivity index (χ3n) is 7.66. The minimum absolute atomic E-state index is 0. The van der Waals surface area contributed by atoms with Gasteiger partial charge < -0.3 is 14.9 Å². The van der Waals surface area contributed by atoms with Crippen molar-refractivity contribution < 1.29 is 28.1 Å². The lowest BCUT2D eigenvalue weighted by atomic mass is 9.82. The van der Waals surface area contributed by atoms with E-state index < -0.39 is 23.2 Å². The van der Waals surface area contributed by atoms with Crippen LogP contribution in [-0.4, -0.2) is 41.5 Å². The van der Waals surface area contributed by atoms with Gasteiger partial charge in [0.1, 0.15) is 5.75 Å². The monoisotopic (exact) mass is 633 g/mol. The summed E-state index contributed by atoms with van der Waals surface area (Å²) in [6.07, 6.45) is -3.99. The molecule has 0 radical (unpaired) electrons. The lowest BCUT2D eigenvalue weighted by Gasteiger charge is -2.43. The van der Waals surface area contributed by atoms with Crippen molar-refractivity contribution in [1.82, 2.24) is 4.90 Å². The number of halogens is 5. The molecule has 0 saturated carbocycles. The maximum absolute atomic E-state index is 13.7. The second-order valence-corrected chi connectivity index (χ2v) is 10.7. The number of aliphatic hydroxyl groups is 2. The van der Waals surface area contributed by atoms with Crippen molar-refractivity contribution in [2.45, 2.75) is 37.5 Å². The zero-order chi connectivity index (χ0) is 30.2. The first-order valence-electron chi connectivity index (χ1n) is 13.8. The number of rotatable bonds is 13. The van der Waals surface area contributed by atoms with Crippen LogP contribution in [-0.2, 0) is 18.3 Å². The Kier molecular flexibility index (Phi) is 12.5. The molecule has 0 spiro atoms. The van der Waals surface area contributed by atoms with E-state index in [0.29, 0.717) is 30.9 Å². The average Bonchev–Trinajstić information content (AvgIpc) is 3.00. The highest BCUT2D eigenvalue weighted by Crippen LogP contribution is 2.40. The zero-order valence-corrected chi connectivity index (χ0v) is 25.4. The Morgan fingerprint density at radius 1 is 0.814 bits per heavy atom. The first kappa shape index (κ1) is 34.4. The van der Waals surface area contributed by atoms with Gasteiger partial charge in [-0.3, -0.25) is 4.90 Å². The Morgan fingerprint density at radius 2 is 1.40 bits per heavy atom. The molecule has 0 unspecified atom stereocenters. The molecule has 0 atom stereocenters. The highest BCUT2D eigenvalue weighted by molar-refractivity contribution is 6.32. The molecule has 4 aromatic carbocycles. The van der Waals surface area contributed by atoms with Gasteiger partial charge in [-0.25, -0.2) is 0 Å². The highest BCUT2D eigenvalue weighted by atomic mass is 35.5. The van der Waals surface area contributed by atoms with Gasteiger partial charge in [0.2, 0.25) is 0 Å². The first-order chi connectivity index (χ1) is 20.2. The Hall–Kier alpha value is -3.07. The fourth-order valence-electron chi connectivity index (χ4n) is 5.22. The molecule has 0 heterocycles. The standard InChI is InChI=1S/C34H35ClF3NO3.ClH/c1-33(28-13-4-2-5-14-28,29-15-6-3-7-16-29)39(22-26-12-9-18-31(32(26)35)34(36,37)38)19-10-20-42-30-17-8-11-25(21-30)27(23-40)24-41;/h2-9,11-18,21,27,40-41H,10,19-20,22-24H2,1H3;1H. The van der Waals surface area contributed by atoms with E-state index in [1.54, 1.807) is 12.1 Å². The van der Waals surface area contributed by atoms with Gasteiger partial charge in [-0.05, 0) is 53.8 Å². The van der Waals surface area contributed by atoms with Crippen LogP contribution in [0.5, 0.6) is 5.75 Å². The lowest BCUT2D eigenvalue weighted by Crippen LogP contribution is -2.45. The van der Waals surface area contributed by atoms with Gasteiger partial charge in [-0.15, -0.1) is 12.4 Å². The molecule has 4 rings (SSSR count). The van der Waals surface area contributed by atoms with Crippen LogP contribution in [0.2, 0.25) is 5.02 Å². The summed E-state index contributed by atoms with van der Waals surface area (Å²) in [5.74, 6) is 0.222. The molecule has 0 amide bonds. The van der Waals surface area contributed by atoms with E-state index in [0.717, 1.165) is 22.8 Å². The van der Waals surface area contributed by atoms with E-state index in [1.165, 1.54) is 6.07 Å². The quantitative estimate of drug-likeness (QED) is 0.146. The Bertz CT molecular complexity index is 1380. The molecule has 0 aliphatic heterocycles. The summed E-state index contributed by atoms with van der Waals surface area (Å²) in [6.45, 7) is 2.73. The zero-order valence-electron chi connectivity index (χ0n) is 23.8. The van der Waals surface area contributed by atoms with E-state index in [9.17, 15) is 23.4 Å². The number of hydrogen-bond acceptors (Lipinski definition) is 4. The predicted molar refractivity (Wildman–Crippen MR) is 167 cm³/mol. The number of aliphatic hydroxyl groups excluding tert-OH is 2. The Balaban J connectivity index is 0.00000506. The molecular formula is C34H36Cl2F3NO3. The molecule has 230 valence electrons. The van der Waals surface area contributed by atoms with E-state index in [1.807, 2.05) is 78.9 Å². The Labute approximate surface area is 262 Å². The molecule has 0 aromatic heterocycles. The number of benzene rings is 4. The molecule has 0 saturated heterocycles. The molecule has 4 nitrogen and oxygen atoms in total. The van der Waals surface area contributed by atoms with Crippen molar-refractivity contribution in [3.05, 3.63) is 136 Å². The largest absolute Gasteiger partial charge is 0.494 e. The maximum atomic E-state index is 13.7. The fraction of sp³-hybridized carbons (Fsp3) is 0.294. The van der Waals surface area contributed by atoms with Gasteiger partial charge in [-0.2, -0.15) is 13.2 Å². The maximum Gasteiger partial charge on any atom is 0.417 e. The summed E-state index contributed by atoms with van der Waals surface area (Å²) in [7, 11) is 0. The van der Waals surface area contributed by atoms with Crippen LogP contribution in [0.4, 0.5) is 13.2 Å². The van der Waals surface area contributed by atoms with Crippen molar-refractivity contribution >= 4 is 24.0 Å². The smallest absolute Gasteiger partial charge is 0.417 e. The van der Waals surface area contributed by atoms with Crippen molar-refractivity contribution in [2.24, 2.45) is 0 Å². The van der Waals surface area contributed by atoms with E-state index in [-0.39, 0.29) is 37.2 Å². The number of hydrogen-bond donors (Lipinski definition) is 2. The van der Waals surface area contributed by atoms with Gasteiger partial charge in [0.15, 0.2) is 0 Å². The highest BCUT2D eigenvalue weighted by Gasteiger charge is 2.37. The topological polar surface area (TPSA) is 52.9 Å². The predicted octanol–water partition coefficient (Wildman–Crippen LogP) is 8.08. The lowest BCUT2D eigenvalue weighted by molar-refractivity contribution is -0.137. The van der Waals surface area contributed by atoms with Crippen LogP contribution in [0.15, 0.2) is 103 Å². The number of ether oxygens (including phenoxy) is 1. The van der Waals surface area contributed by atoms with Gasteiger partial charge in [0.05, 0.1) is 35.9 Å². The van der Waals surface area contributed by atoms with Gasteiger partial charge in [0, 0.05) is 19.0 Å². The van der Waals surface area contributed by atoms with Gasteiger partial charge in [-0.1, -0.05) is 96.5 Å². The van der Waals surface area contributed by atoms with E-state index in [2.05, 4.69) is 11.8 Å². The van der Waals surface area contributed by atoms with Crippen molar-refractivity contribution in [2.75, 3.05) is 26.4 Å². The number of nitrogens with zero attached hydrogens (tertiary/aromatic N) is 1. The van der Waals surface area contributed by atoms with Gasteiger partial charge >= 0.3 is 6.18 Å². The van der Waals surface area contributed by atoms with Crippen molar-refractivity contribution in [3.63, 3.8) is 0 Å². The van der Waals surface area contributed by atoms with Crippen LogP contribution in [0, 0.1) is 0 Å². The fourth-order valence-corrected chi connectivity index (χ4v) is 5.51. The third kappa shape index (κ3) is 8.31. The molecule has 4 aromatic rings. The molecule has 0 fully saturated rings. The molecule has 43 heavy (non-hydrogen) atoms. The SMILES string of the molecule is CC(c1ccccc1)(c1ccccc1)N(CCCOc1cccc(C(CO)CO)c1)Cc1cccc(C(F)(F)F)c1Cl.Cl. The first-order valence-corrected chi connectivity index (χ1v) is 14.2. The van der Waals surface area contributed by atoms with E-state index >= 15 is 0 Å². The molecule has 2 N–H and O–H groups in total. The van der Waals surface area contributed by atoms with Crippen LogP contribution in [0.1, 0.15) is 47.1 Å².